The van der Waals surface area contributed by atoms with Gasteiger partial charge in [0.05, 0.1) is 17.3 Å². The summed E-state index contributed by atoms with van der Waals surface area (Å²) >= 11 is 0. The van der Waals surface area contributed by atoms with Gasteiger partial charge in [-0.3, -0.25) is 0 Å². The quantitative estimate of drug-likeness (QED) is 0.206. The van der Waals surface area contributed by atoms with Crippen LogP contribution in [-0.4, -0.2) is 4.98 Å². The van der Waals surface area contributed by atoms with E-state index in [9.17, 15) is 0 Å². The Hall–Kier alpha value is -5.47. The molecule has 8 rings (SSSR count). The largest absolute Gasteiger partial charge is 0.374 e. The van der Waals surface area contributed by atoms with Crippen molar-refractivity contribution in [3.8, 4) is 22.4 Å². The van der Waals surface area contributed by atoms with Crippen molar-refractivity contribution in [3.63, 3.8) is 0 Å². The van der Waals surface area contributed by atoms with Gasteiger partial charge in [0.25, 0.3) is 0 Å². The molecule has 1 aromatic heterocycles. The summed E-state index contributed by atoms with van der Waals surface area (Å²) in [5.41, 5.74) is 16.8. The zero-order valence-electron chi connectivity index (χ0n) is 29.9. The Morgan fingerprint density at radius 3 is 1.74 bits per heavy atom. The van der Waals surface area contributed by atoms with Crippen LogP contribution in [0.5, 0.6) is 0 Å². The number of aromatic nitrogens is 1. The van der Waals surface area contributed by atoms with Crippen molar-refractivity contribution >= 4 is 28.2 Å². The SMILES string of the molecule is CC(C)(C)c1ccc(C2=CC=C3C(c4ccccc4)=Cc4c(cc(-c5ccccc5)c5ccc(-c6ccc(C(C)(C)C)cc6)nc45)C3N2)cc1. The molecule has 1 unspecified atom stereocenters. The molecule has 1 aliphatic carbocycles. The van der Waals surface area contributed by atoms with Crippen LogP contribution in [0.2, 0.25) is 0 Å². The summed E-state index contributed by atoms with van der Waals surface area (Å²) in [6, 6.07) is 46.3. The second-order valence-electron chi connectivity index (χ2n) is 15.7. The molecule has 0 radical (unpaired) electrons. The van der Waals surface area contributed by atoms with E-state index in [1.54, 1.807) is 0 Å². The van der Waals surface area contributed by atoms with Crippen LogP contribution in [0.1, 0.15) is 81.0 Å². The Labute approximate surface area is 297 Å². The van der Waals surface area contributed by atoms with E-state index < -0.39 is 0 Å². The molecular formula is C48H44N2. The lowest BCUT2D eigenvalue weighted by Crippen LogP contribution is -2.28. The van der Waals surface area contributed by atoms with Gasteiger partial charge >= 0.3 is 0 Å². The third-order valence-corrected chi connectivity index (χ3v) is 10.3. The first-order valence-electron chi connectivity index (χ1n) is 17.8. The number of nitrogens with one attached hydrogen (secondary N) is 1. The smallest absolute Gasteiger partial charge is 0.0791 e. The Balaban J connectivity index is 1.34. The van der Waals surface area contributed by atoms with Crippen molar-refractivity contribution in [1.82, 2.24) is 10.3 Å². The summed E-state index contributed by atoms with van der Waals surface area (Å²) in [5.74, 6) is 0. The lowest BCUT2D eigenvalue weighted by Gasteiger charge is -2.35. The highest BCUT2D eigenvalue weighted by Gasteiger charge is 2.32. The summed E-state index contributed by atoms with van der Waals surface area (Å²) in [6.07, 6.45) is 6.95. The Kier molecular flexibility index (Phi) is 7.72. The predicted molar refractivity (Wildman–Crippen MR) is 213 cm³/mol. The van der Waals surface area contributed by atoms with E-state index in [4.69, 9.17) is 4.98 Å². The van der Waals surface area contributed by atoms with Gasteiger partial charge in [0, 0.05) is 22.2 Å². The molecule has 50 heavy (non-hydrogen) atoms. The van der Waals surface area contributed by atoms with Gasteiger partial charge in [0.15, 0.2) is 0 Å². The topological polar surface area (TPSA) is 24.9 Å². The number of benzene rings is 5. The van der Waals surface area contributed by atoms with E-state index in [1.165, 1.54) is 55.7 Å². The molecule has 0 bridgehead atoms. The minimum absolute atomic E-state index is 0.0455. The zero-order valence-corrected chi connectivity index (χ0v) is 29.9. The summed E-state index contributed by atoms with van der Waals surface area (Å²) in [4.78, 5) is 5.51. The molecule has 2 aliphatic rings. The Morgan fingerprint density at radius 1 is 0.560 bits per heavy atom. The molecule has 0 fully saturated rings. The van der Waals surface area contributed by atoms with Crippen LogP contribution in [0.25, 0.3) is 50.6 Å². The maximum absolute atomic E-state index is 5.51. The molecule has 2 heterocycles. The number of fused-ring (bicyclic) bond motifs is 5. The van der Waals surface area contributed by atoms with Crippen molar-refractivity contribution < 1.29 is 0 Å². The first-order chi connectivity index (χ1) is 24.0. The zero-order chi connectivity index (χ0) is 34.6. The highest BCUT2D eigenvalue weighted by molar-refractivity contribution is 6.07. The predicted octanol–water partition coefficient (Wildman–Crippen LogP) is 12.3. The molecule has 5 aromatic carbocycles. The highest BCUT2D eigenvalue weighted by Crippen LogP contribution is 2.48. The van der Waals surface area contributed by atoms with Gasteiger partial charge < -0.3 is 5.32 Å². The Bertz CT molecular complexity index is 2310. The first-order valence-corrected chi connectivity index (χ1v) is 17.8. The molecule has 246 valence electrons. The van der Waals surface area contributed by atoms with Crippen molar-refractivity contribution in [3.05, 3.63) is 178 Å². The standard InChI is InChI=1S/C48H44N2/c1-47(2,3)35-21-17-33(18-22-35)43-27-25-37-39(31-13-9-7-10-14-31)30-42-41(45(37)49-43)29-40(32-15-11-8-12-16-32)38-26-28-44(50-46(38)42)34-19-23-36(24-20-34)48(4,5)6/h7-30,45,49H,1-6H3. The molecule has 1 N–H and O–H groups in total. The van der Waals surface area contributed by atoms with Crippen molar-refractivity contribution in [2.45, 2.75) is 58.4 Å². The number of allylic oxidation sites excluding steroid dienone is 2. The minimum Gasteiger partial charge on any atom is -0.374 e. The minimum atomic E-state index is -0.0455. The molecule has 2 nitrogen and oxygen atoms in total. The van der Waals surface area contributed by atoms with Gasteiger partial charge in [-0.15, -0.1) is 0 Å². The van der Waals surface area contributed by atoms with Crippen molar-refractivity contribution in [1.29, 1.82) is 0 Å². The lowest BCUT2D eigenvalue weighted by molar-refractivity contribution is 0.590. The monoisotopic (exact) mass is 648 g/mol. The van der Waals surface area contributed by atoms with Crippen LogP contribution in [-0.2, 0) is 10.8 Å². The van der Waals surface area contributed by atoms with Crippen molar-refractivity contribution in [2.24, 2.45) is 0 Å². The number of rotatable bonds is 4. The second-order valence-corrected chi connectivity index (χ2v) is 15.7. The molecule has 0 saturated heterocycles. The number of hydrogen-bond acceptors (Lipinski definition) is 2. The number of hydrogen-bond donors (Lipinski definition) is 1. The third-order valence-electron chi connectivity index (χ3n) is 10.3. The fraction of sp³-hybridized carbons (Fsp3) is 0.188. The van der Waals surface area contributed by atoms with Gasteiger partial charge in [-0.05, 0) is 91.3 Å². The maximum Gasteiger partial charge on any atom is 0.0791 e. The van der Waals surface area contributed by atoms with Gasteiger partial charge in [0.1, 0.15) is 0 Å². The van der Waals surface area contributed by atoms with Gasteiger partial charge in [-0.1, -0.05) is 157 Å². The van der Waals surface area contributed by atoms with Gasteiger partial charge in [-0.2, -0.15) is 0 Å². The Morgan fingerprint density at radius 2 is 1.14 bits per heavy atom. The summed E-state index contributed by atoms with van der Waals surface area (Å²) in [5, 5.41) is 5.18. The van der Waals surface area contributed by atoms with E-state index in [1.807, 2.05) is 0 Å². The highest BCUT2D eigenvalue weighted by atomic mass is 14.9. The van der Waals surface area contributed by atoms with Crippen LogP contribution >= 0.6 is 0 Å². The summed E-state index contributed by atoms with van der Waals surface area (Å²) in [6.45, 7) is 13.6. The molecular weight excluding hydrogens is 605 g/mol. The number of nitrogens with zero attached hydrogens (tertiary/aromatic N) is 1. The van der Waals surface area contributed by atoms with Crippen molar-refractivity contribution in [2.75, 3.05) is 0 Å². The summed E-state index contributed by atoms with van der Waals surface area (Å²) < 4.78 is 0. The van der Waals surface area contributed by atoms with E-state index in [0.717, 1.165) is 27.9 Å². The van der Waals surface area contributed by atoms with E-state index in [0.29, 0.717) is 0 Å². The molecule has 0 amide bonds. The first kappa shape index (κ1) is 31.8. The van der Waals surface area contributed by atoms with Crippen LogP contribution in [0.4, 0.5) is 0 Å². The van der Waals surface area contributed by atoms with Crippen LogP contribution in [0.15, 0.2) is 145 Å². The molecule has 1 aliphatic heterocycles. The molecule has 6 aromatic rings. The van der Waals surface area contributed by atoms with Crippen LogP contribution < -0.4 is 5.32 Å². The fourth-order valence-corrected chi connectivity index (χ4v) is 7.34. The average molecular weight is 649 g/mol. The third kappa shape index (κ3) is 5.79. The lowest BCUT2D eigenvalue weighted by atomic mass is 9.77. The number of dihydropyridines is 1. The normalized spacial score (nSPS) is 15.7. The molecule has 0 spiro atoms. The summed E-state index contributed by atoms with van der Waals surface area (Å²) in [7, 11) is 0. The van der Waals surface area contributed by atoms with E-state index in [2.05, 4.69) is 192 Å². The maximum atomic E-state index is 5.51. The molecule has 1 atom stereocenters. The van der Waals surface area contributed by atoms with Crippen LogP contribution in [0.3, 0.4) is 0 Å². The van der Waals surface area contributed by atoms with E-state index >= 15 is 0 Å². The average Bonchev–Trinajstić information content (AvgIpc) is 3.14. The molecule has 0 saturated carbocycles. The van der Waals surface area contributed by atoms with E-state index in [-0.39, 0.29) is 16.9 Å². The van der Waals surface area contributed by atoms with Gasteiger partial charge in [-0.25, -0.2) is 4.98 Å². The fourth-order valence-electron chi connectivity index (χ4n) is 7.34. The van der Waals surface area contributed by atoms with Gasteiger partial charge in [0.2, 0.25) is 0 Å². The number of pyridine rings is 1. The molecule has 2 heteroatoms. The second kappa shape index (κ2) is 12.1. The van der Waals surface area contributed by atoms with Crippen LogP contribution in [0, 0.1) is 0 Å².